The minimum Gasteiger partial charge on any atom is -0.508 e. The SMILES string of the molecule is COc1cc(C2Oc3cc(O)cc(O)c3C(=O)C2OC(C)=O)ccc1O. The first-order valence-electron chi connectivity index (χ1n) is 7.62. The first-order chi connectivity index (χ1) is 12.3. The lowest BCUT2D eigenvalue weighted by atomic mass is 9.92. The summed E-state index contributed by atoms with van der Waals surface area (Å²) in [5, 5.41) is 29.4. The predicted molar refractivity (Wildman–Crippen MR) is 87.7 cm³/mol. The number of benzene rings is 2. The van der Waals surface area contributed by atoms with Crippen LogP contribution in [0, 0.1) is 0 Å². The van der Waals surface area contributed by atoms with Crippen molar-refractivity contribution in [3.63, 3.8) is 0 Å². The van der Waals surface area contributed by atoms with E-state index in [0.29, 0.717) is 5.56 Å². The highest BCUT2D eigenvalue weighted by Gasteiger charge is 2.42. The molecule has 8 heteroatoms. The first kappa shape index (κ1) is 17.4. The molecule has 0 saturated heterocycles. The van der Waals surface area contributed by atoms with Crippen LogP contribution < -0.4 is 9.47 Å². The summed E-state index contributed by atoms with van der Waals surface area (Å²) < 4.78 is 15.9. The Morgan fingerprint density at radius 3 is 2.50 bits per heavy atom. The summed E-state index contributed by atoms with van der Waals surface area (Å²) in [6.07, 6.45) is -2.42. The summed E-state index contributed by atoms with van der Waals surface area (Å²) >= 11 is 0. The topological polar surface area (TPSA) is 123 Å². The van der Waals surface area contributed by atoms with Crippen molar-refractivity contribution in [2.24, 2.45) is 0 Å². The van der Waals surface area contributed by atoms with Gasteiger partial charge in [-0.2, -0.15) is 0 Å². The summed E-state index contributed by atoms with van der Waals surface area (Å²) in [6.45, 7) is 1.15. The Hall–Kier alpha value is -3.42. The van der Waals surface area contributed by atoms with Crippen LogP contribution >= 0.6 is 0 Å². The molecular formula is C18H16O8. The average molecular weight is 360 g/mol. The van der Waals surface area contributed by atoms with Crippen molar-refractivity contribution in [3.05, 3.63) is 41.5 Å². The molecule has 0 spiro atoms. The van der Waals surface area contributed by atoms with Gasteiger partial charge in [-0.1, -0.05) is 6.07 Å². The third kappa shape index (κ3) is 2.97. The van der Waals surface area contributed by atoms with Crippen LogP contribution in [-0.2, 0) is 9.53 Å². The Labute approximate surface area is 148 Å². The molecule has 3 N–H and O–H groups in total. The number of carbonyl (C=O) groups excluding carboxylic acids is 2. The normalized spacial score (nSPS) is 18.6. The largest absolute Gasteiger partial charge is 0.508 e. The van der Waals surface area contributed by atoms with Gasteiger partial charge in [0.25, 0.3) is 0 Å². The van der Waals surface area contributed by atoms with E-state index >= 15 is 0 Å². The molecule has 1 heterocycles. The van der Waals surface area contributed by atoms with E-state index in [1.807, 2.05) is 0 Å². The first-order valence-corrected chi connectivity index (χ1v) is 7.62. The van der Waals surface area contributed by atoms with E-state index < -0.39 is 29.7 Å². The summed E-state index contributed by atoms with van der Waals surface area (Å²) in [7, 11) is 1.36. The molecular weight excluding hydrogens is 344 g/mol. The zero-order chi connectivity index (χ0) is 19.0. The van der Waals surface area contributed by atoms with Crippen LogP contribution in [0.4, 0.5) is 0 Å². The van der Waals surface area contributed by atoms with E-state index in [0.717, 1.165) is 13.0 Å². The number of Topliss-reactive ketones (excluding diaryl/α,β-unsaturated/α-hetero) is 1. The van der Waals surface area contributed by atoms with Crippen molar-refractivity contribution in [1.82, 2.24) is 0 Å². The number of aromatic hydroxyl groups is 3. The number of hydrogen-bond acceptors (Lipinski definition) is 8. The van der Waals surface area contributed by atoms with Crippen LogP contribution in [0.5, 0.6) is 28.7 Å². The maximum absolute atomic E-state index is 12.8. The van der Waals surface area contributed by atoms with Crippen LogP contribution in [0.3, 0.4) is 0 Å². The minimum atomic E-state index is -1.36. The molecule has 2 aromatic carbocycles. The predicted octanol–water partition coefficient (Wildman–Crippen LogP) is 2.06. The number of phenolic OH excluding ortho intramolecular Hbond substituents is 3. The smallest absolute Gasteiger partial charge is 0.303 e. The van der Waals surface area contributed by atoms with E-state index in [-0.39, 0.29) is 28.6 Å². The van der Waals surface area contributed by atoms with E-state index in [1.54, 1.807) is 0 Å². The molecule has 0 bridgehead atoms. The number of esters is 1. The Morgan fingerprint density at radius 1 is 1.12 bits per heavy atom. The van der Waals surface area contributed by atoms with Gasteiger partial charge >= 0.3 is 5.97 Å². The summed E-state index contributed by atoms with van der Waals surface area (Å²) in [6, 6.07) is 6.45. The number of carbonyl (C=O) groups is 2. The monoisotopic (exact) mass is 360 g/mol. The lowest BCUT2D eigenvalue weighted by Gasteiger charge is -2.32. The molecule has 0 radical (unpaired) electrons. The quantitative estimate of drug-likeness (QED) is 0.711. The molecule has 0 amide bonds. The fourth-order valence-electron chi connectivity index (χ4n) is 2.81. The van der Waals surface area contributed by atoms with Gasteiger partial charge in [0, 0.05) is 24.6 Å². The molecule has 1 aliphatic heterocycles. The summed E-state index contributed by atoms with van der Waals surface area (Å²) in [5.74, 6) is -2.16. The van der Waals surface area contributed by atoms with Gasteiger partial charge in [0.1, 0.15) is 22.8 Å². The van der Waals surface area contributed by atoms with E-state index in [9.17, 15) is 24.9 Å². The molecule has 0 aliphatic carbocycles. The van der Waals surface area contributed by atoms with Crippen molar-refractivity contribution in [3.8, 4) is 28.7 Å². The molecule has 1 aliphatic rings. The average Bonchev–Trinajstić information content (AvgIpc) is 2.56. The third-order valence-electron chi connectivity index (χ3n) is 3.93. The van der Waals surface area contributed by atoms with Crippen LogP contribution in [0.15, 0.2) is 30.3 Å². The van der Waals surface area contributed by atoms with Gasteiger partial charge in [-0.05, 0) is 12.1 Å². The van der Waals surface area contributed by atoms with E-state index in [1.165, 1.54) is 31.4 Å². The van der Waals surface area contributed by atoms with Crippen molar-refractivity contribution < 1.29 is 39.1 Å². The Balaban J connectivity index is 2.13. The zero-order valence-electron chi connectivity index (χ0n) is 13.9. The molecule has 136 valence electrons. The second-order valence-electron chi connectivity index (χ2n) is 5.70. The lowest BCUT2D eigenvalue weighted by molar-refractivity contribution is -0.148. The second-order valence-corrected chi connectivity index (χ2v) is 5.70. The highest BCUT2D eigenvalue weighted by atomic mass is 16.6. The van der Waals surface area contributed by atoms with Gasteiger partial charge in [-0.3, -0.25) is 9.59 Å². The van der Waals surface area contributed by atoms with Crippen molar-refractivity contribution in [1.29, 1.82) is 0 Å². The maximum atomic E-state index is 12.8. The van der Waals surface area contributed by atoms with Gasteiger partial charge in [-0.15, -0.1) is 0 Å². The Morgan fingerprint density at radius 2 is 1.85 bits per heavy atom. The standard InChI is InChI=1S/C18H16O8/c1-8(19)25-18-16(23)15-12(22)6-10(20)7-14(15)26-17(18)9-3-4-11(21)13(5-9)24-2/h3-7,17-18,20-22H,1-2H3. The second kappa shape index (κ2) is 6.47. The molecule has 3 rings (SSSR count). The van der Waals surface area contributed by atoms with Gasteiger partial charge in [-0.25, -0.2) is 0 Å². The van der Waals surface area contributed by atoms with Crippen LogP contribution in [0.2, 0.25) is 0 Å². The van der Waals surface area contributed by atoms with Gasteiger partial charge in [0.05, 0.1) is 7.11 Å². The van der Waals surface area contributed by atoms with Gasteiger partial charge < -0.3 is 29.5 Å². The summed E-state index contributed by atoms with van der Waals surface area (Å²) in [5.41, 5.74) is 0.212. The zero-order valence-corrected chi connectivity index (χ0v) is 13.9. The highest BCUT2D eigenvalue weighted by Crippen LogP contribution is 2.43. The molecule has 2 unspecified atom stereocenters. The maximum Gasteiger partial charge on any atom is 0.303 e. The van der Waals surface area contributed by atoms with Gasteiger partial charge in [0.2, 0.25) is 11.9 Å². The molecule has 2 aromatic rings. The number of ether oxygens (including phenoxy) is 3. The number of rotatable bonds is 3. The number of methoxy groups -OCH3 is 1. The van der Waals surface area contributed by atoms with E-state index in [4.69, 9.17) is 14.2 Å². The van der Waals surface area contributed by atoms with Crippen molar-refractivity contribution >= 4 is 11.8 Å². The Kier molecular flexibility index (Phi) is 4.33. The van der Waals surface area contributed by atoms with Crippen LogP contribution in [0.1, 0.15) is 28.9 Å². The highest BCUT2D eigenvalue weighted by molar-refractivity contribution is 6.06. The molecule has 26 heavy (non-hydrogen) atoms. The molecule has 8 nitrogen and oxygen atoms in total. The molecule has 0 saturated carbocycles. The number of phenols is 3. The lowest BCUT2D eigenvalue weighted by Crippen LogP contribution is -2.39. The van der Waals surface area contributed by atoms with Gasteiger partial charge in [0.15, 0.2) is 17.6 Å². The number of hydrogen-bond donors (Lipinski definition) is 3. The van der Waals surface area contributed by atoms with Crippen LogP contribution in [-0.4, -0.2) is 40.3 Å². The van der Waals surface area contributed by atoms with E-state index in [2.05, 4.69) is 0 Å². The number of ketones is 1. The third-order valence-corrected chi connectivity index (χ3v) is 3.93. The Bertz CT molecular complexity index is 889. The molecule has 0 fully saturated rings. The minimum absolute atomic E-state index is 0.0482. The summed E-state index contributed by atoms with van der Waals surface area (Å²) in [4.78, 5) is 24.3. The van der Waals surface area contributed by atoms with Crippen molar-refractivity contribution in [2.45, 2.75) is 19.1 Å². The molecule has 0 aromatic heterocycles. The fraction of sp³-hybridized carbons (Fsp3) is 0.222. The molecule has 2 atom stereocenters. The number of fused-ring (bicyclic) bond motifs is 1. The van der Waals surface area contributed by atoms with Crippen LogP contribution in [0.25, 0.3) is 0 Å². The fourth-order valence-corrected chi connectivity index (χ4v) is 2.81. The van der Waals surface area contributed by atoms with Crippen molar-refractivity contribution in [2.75, 3.05) is 7.11 Å².